The molecule has 78 valence electrons. The Bertz CT molecular complexity index is 277. The summed E-state index contributed by atoms with van der Waals surface area (Å²) in [4.78, 5) is 12.3. The molecular formula is C10H15NO3. The molecule has 1 N–H and O–H groups in total. The number of carbonyl (C=O) groups excluding carboxylic acids is 1. The smallest absolute Gasteiger partial charge is 0.196 e. The molecule has 0 unspecified atom stereocenters. The van der Waals surface area contributed by atoms with Crippen molar-refractivity contribution in [3.05, 3.63) is 17.9 Å². The predicted octanol–water partition coefficient (Wildman–Crippen LogP) is 1.30. The third-order valence-electron chi connectivity index (χ3n) is 1.90. The highest BCUT2D eigenvalue weighted by Gasteiger charge is 2.08. The second-order valence-electron chi connectivity index (χ2n) is 3.00. The zero-order chi connectivity index (χ0) is 10.4. The van der Waals surface area contributed by atoms with Gasteiger partial charge in [0.1, 0.15) is 0 Å². The Morgan fingerprint density at radius 2 is 2.29 bits per heavy atom. The first-order chi connectivity index (χ1) is 6.81. The van der Waals surface area contributed by atoms with Crippen LogP contribution in [0.1, 0.15) is 23.9 Å². The number of hydrogen-bond acceptors (Lipinski definition) is 4. The highest BCUT2D eigenvalue weighted by molar-refractivity contribution is 5.71. The van der Waals surface area contributed by atoms with Crippen LogP contribution in [0.3, 0.4) is 0 Å². The maximum absolute atomic E-state index is 10.4. The topological polar surface area (TPSA) is 53.7 Å². The van der Waals surface area contributed by atoms with Gasteiger partial charge in [0.05, 0.1) is 6.61 Å². The third-order valence-corrected chi connectivity index (χ3v) is 1.90. The number of hydrogen-bond donors (Lipinski definition) is 1. The number of nitrogens with zero attached hydrogens (tertiary/aromatic N) is 1. The molecule has 4 nitrogen and oxygen atoms in total. The van der Waals surface area contributed by atoms with Crippen LogP contribution >= 0.6 is 0 Å². The SMILES string of the molecule is CCCN(CCO)c1ccc(C=O)o1. The molecule has 1 aromatic heterocycles. The lowest BCUT2D eigenvalue weighted by molar-refractivity contribution is 0.110. The van der Waals surface area contributed by atoms with Gasteiger partial charge in [-0.05, 0) is 12.5 Å². The maximum atomic E-state index is 10.4. The van der Waals surface area contributed by atoms with Gasteiger partial charge in [-0.3, -0.25) is 4.79 Å². The van der Waals surface area contributed by atoms with E-state index < -0.39 is 0 Å². The van der Waals surface area contributed by atoms with Crippen molar-refractivity contribution >= 4 is 12.2 Å². The van der Waals surface area contributed by atoms with E-state index in [1.165, 1.54) is 0 Å². The van der Waals surface area contributed by atoms with Gasteiger partial charge in [-0.2, -0.15) is 0 Å². The molecule has 1 heterocycles. The molecule has 1 rings (SSSR count). The molecule has 4 heteroatoms. The van der Waals surface area contributed by atoms with Gasteiger partial charge in [-0.15, -0.1) is 0 Å². The highest BCUT2D eigenvalue weighted by atomic mass is 16.4. The van der Waals surface area contributed by atoms with E-state index in [0.29, 0.717) is 24.5 Å². The lowest BCUT2D eigenvalue weighted by Gasteiger charge is -2.19. The van der Waals surface area contributed by atoms with E-state index in [0.717, 1.165) is 13.0 Å². The van der Waals surface area contributed by atoms with Gasteiger partial charge in [-0.1, -0.05) is 6.92 Å². The van der Waals surface area contributed by atoms with Crippen molar-refractivity contribution in [2.24, 2.45) is 0 Å². The molecule has 0 saturated carbocycles. The van der Waals surface area contributed by atoms with Crippen LogP contribution in [0.25, 0.3) is 0 Å². The Hall–Kier alpha value is -1.29. The van der Waals surface area contributed by atoms with Crippen LogP contribution in [0.2, 0.25) is 0 Å². The average Bonchev–Trinajstić information content (AvgIpc) is 2.65. The largest absolute Gasteiger partial charge is 0.438 e. The van der Waals surface area contributed by atoms with E-state index in [9.17, 15) is 4.79 Å². The fourth-order valence-electron chi connectivity index (χ4n) is 1.30. The molecular weight excluding hydrogens is 182 g/mol. The summed E-state index contributed by atoms with van der Waals surface area (Å²) in [5, 5.41) is 8.84. The molecule has 0 bridgehead atoms. The minimum atomic E-state index is 0.0805. The quantitative estimate of drug-likeness (QED) is 0.698. The first-order valence-corrected chi connectivity index (χ1v) is 4.72. The van der Waals surface area contributed by atoms with Crippen LogP contribution in [0.15, 0.2) is 16.5 Å². The first-order valence-electron chi connectivity index (χ1n) is 4.72. The zero-order valence-corrected chi connectivity index (χ0v) is 8.27. The van der Waals surface area contributed by atoms with Gasteiger partial charge in [0.2, 0.25) is 0 Å². The molecule has 1 aromatic rings. The van der Waals surface area contributed by atoms with E-state index in [-0.39, 0.29) is 6.61 Å². The van der Waals surface area contributed by atoms with Crippen molar-refractivity contribution in [3.8, 4) is 0 Å². The minimum Gasteiger partial charge on any atom is -0.438 e. The molecule has 0 saturated heterocycles. The average molecular weight is 197 g/mol. The Balaban J connectivity index is 2.70. The van der Waals surface area contributed by atoms with Crippen molar-refractivity contribution in [2.75, 3.05) is 24.6 Å². The number of furan rings is 1. The summed E-state index contributed by atoms with van der Waals surface area (Å²) in [5.74, 6) is 0.960. The summed E-state index contributed by atoms with van der Waals surface area (Å²) in [5.41, 5.74) is 0. The lowest BCUT2D eigenvalue weighted by Crippen LogP contribution is -2.26. The van der Waals surface area contributed by atoms with E-state index >= 15 is 0 Å². The fourth-order valence-corrected chi connectivity index (χ4v) is 1.30. The van der Waals surface area contributed by atoms with Crippen LogP contribution in [-0.4, -0.2) is 31.1 Å². The first kappa shape index (κ1) is 10.8. The summed E-state index contributed by atoms with van der Waals surface area (Å²) in [6.07, 6.45) is 1.64. The molecule has 14 heavy (non-hydrogen) atoms. The van der Waals surface area contributed by atoms with Gasteiger partial charge in [-0.25, -0.2) is 0 Å². The molecule has 0 aliphatic rings. The second kappa shape index (κ2) is 5.44. The van der Waals surface area contributed by atoms with E-state index in [1.54, 1.807) is 12.1 Å². The van der Waals surface area contributed by atoms with Gasteiger partial charge in [0.15, 0.2) is 17.9 Å². The van der Waals surface area contributed by atoms with E-state index in [2.05, 4.69) is 0 Å². The monoisotopic (exact) mass is 197 g/mol. The summed E-state index contributed by atoms with van der Waals surface area (Å²) < 4.78 is 5.25. The summed E-state index contributed by atoms with van der Waals surface area (Å²) in [6.45, 7) is 3.47. The van der Waals surface area contributed by atoms with E-state index in [1.807, 2.05) is 11.8 Å². The van der Waals surface area contributed by atoms with Crippen molar-refractivity contribution in [2.45, 2.75) is 13.3 Å². The zero-order valence-electron chi connectivity index (χ0n) is 8.27. The Morgan fingerprint density at radius 1 is 1.50 bits per heavy atom. The fraction of sp³-hybridized carbons (Fsp3) is 0.500. The van der Waals surface area contributed by atoms with Crippen LogP contribution in [0, 0.1) is 0 Å². The highest BCUT2D eigenvalue weighted by Crippen LogP contribution is 2.17. The van der Waals surface area contributed by atoms with Crippen molar-refractivity contribution in [1.29, 1.82) is 0 Å². The molecule has 0 aliphatic heterocycles. The Labute approximate surface area is 83.1 Å². The predicted molar refractivity (Wildman–Crippen MR) is 53.7 cm³/mol. The number of aliphatic hydroxyl groups is 1. The van der Waals surface area contributed by atoms with E-state index in [4.69, 9.17) is 9.52 Å². The molecule has 0 aliphatic carbocycles. The summed E-state index contributed by atoms with van der Waals surface area (Å²) >= 11 is 0. The van der Waals surface area contributed by atoms with Gasteiger partial charge in [0.25, 0.3) is 0 Å². The molecule has 0 radical (unpaired) electrons. The number of aliphatic hydroxyl groups excluding tert-OH is 1. The molecule has 0 aromatic carbocycles. The lowest BCUT2D eigenvalue weighted by atomic mass is 10.4. The summed E-state index contributed by atoms with van der Waals surface area (Å²) in [6, 6.07) is 3.37. The second-order valence-corrected chi connectivity index (χ2v) is 3.00. The van der Waals surface area contributed by atoms with Crippen LogP contribution in [0.5, 0.6) is 0 Å². The molecule has 0 atom stereocenters. The summed E-state index contributed by atoms with van der Waals surface area (Å²) in [7, 11) is 0. The third kappa shape index (κ3) is 2.60. The molecule has 0 spiro atoms. The molecule has 0 amide bonds. The van der Waals surface area contributed by atoms with Crippen LogP contribution < -0.4 is 4.90 Å². The van der Waals surface area contributed by atoms with Gasteiger partial charge in [0, 0.05) is 19.2 Å². The van der Waals surface area contributed by atoms with Crippen LogP contribution in [0.4, 0.5) is 5.88 Å². The number of carbonyl (C=O) groups is 1. The number of anilines is 1. The van der Waals surface area contributed by atoms with Gasteiger partial charge >= 0.3 is 0 Å². The van der Waals surface area contributed by atoms with Crippen molar-refractivity contribution in [1.82, 2.24) is 0 Å². The van der Waals surface area contributed by atoms with Crippen LogP contribution in [-0.2, 0) is 0 Å². The number of aldehydes is 1. The van der Waals surface area contributed by atoms with Gasteiger partial charge < -0.3 is 14.4 Å². The van der Waals surface area contributed by atoms with Crippen molar-refractivity contribution < 1.29 is 14.3 Å². The normalized spacial score (nSPS) is 10.1. The Morgan fingerprint density at radius 3 is 2.79 bits per heavy atom. The Kier molecular flexibility index (Phi) is 4.19. The van der Waals surface area contributed by atoms with Crippen molar-refractivity contribution in [3.63, 3.8) is 0 Å². The number of rotatable bonds is 6. The minimum absolute atomic E-state index is 0.0805. The standard InChI is InChI=1S/C10H15NO3/c1-2-5-11(6-7-12)10-4-3-9(8-13)14-10/h3-4,8,12H,2,5-7H2,1H3. The maximum Gasteiger partial charge on any atom is 0.196 e. The molecule has 0 fully saturated rings.